The molecule has 0 saturated carbocycles. The number of nitrogens with zero attached hydrogens (tertiary/aromatic N) is 4. The zero-order valence-corrected chi connectivity index (χ0v) is 28.9. The van der Waals surface area contributed by atoms with Gasteiger partial charge in [0.25, 0.3) is 11.8 Å². The van der Waals surface area contributed by atoms with Crippen molar-refractivity contribution in [3.63, 3.8) is 0 Å². The van der Waals surface area contributed by atoms with Gasteiger partial charge in [-0.1, -0.05) is 36.4 Å². The Morgan fingerprint density at radius 3 is 2.18 bits per heavy atom. The number of nitrogens with one attached hydrogen (secondary N) is 2. The van der Waals surface area contributed by atoms with E-state index >= 15 is 0 Å². The highest BCUT2D eigenvalue weighted by molar-refractivity contribution is 6.44. The van der Waals surface area contributed by atoms with Crippen LogP contribution in [0.4, 0.5) is 21.9 Å². The fourth-order valence-corrected chi connectivity index (χ4v) is 5.67. The molecule has 3 aromatic rings. The number of rotatable bonds is 9. The smallest absolute Gasteiger partial charge is 0.408 e. The van der Waals surface area contributed by atoms with E-state index in [1.807, 2.05) is 30.3 Å². The summed E-state index contributed by atoms with van der Waals surface area (Å²) in [5.74, 6) is -2.73. The molecule has 0 radical (unpaired) electrons. The van der Waals surface area contributed by atoms with Gasteiger partial charge >= 0.3 is 12.1 Å². The van der Waals surface area contributed by atoms with Crippen LogP contribution in [0.5, 0.6) is 0 Å². The molecule has 5 rings (SSSR count). The van der Waals surface area contributed by atoms with E-state index < -0.39 is 36.0 Å². The number of ether oxygens (including phenoxy) is 1. The summed E-state index contributed by atoms with van der Waals surface area (Å²) < 4.78 is 5.23. The maximum absolute atomic E-state index is 14.2. The van der Waals surface area contributed by atoms with Crippen LogP contribution in [-0.2, 0) is 19.1 Å². The molecule has 2 heterocycles. The summed E-state index contributed by atoms with van der Waals surface area (Å²) >= 11 is 0. The number of hydrogen-bond acceptors (Lipinski definition) is 9. The van der Waals surface area contributed by atoms with Crippen LogP contribution < -0.4 is 20.4 Å². The molecular formula is C37H42N6O7. The average Bonchev–Trinajstić information content (AvgIpc) is 3.37. The monoisotopic (exact) mass is 682 g/mol. The Morgan fingerprint density at radius 1 is 0.900 bits per heavy atom. The van der Waals surface area contributed by atoms with Crippen LogP contribution in [0.3, 0.4) is 0 Å². The predicted molar refractivity (Wildman–Crippen MR) is 191 cm³/mol. The Balaban J connectivity index is 1.46. The van der Waals surface area contributed by atoms with Crippen molar-refractivity contribution < 1.29 is 33.8 Å². The highest BCUT2D eigenvalue weighted by Gasteiger charge is 2.39. The molecular weight excluding hydrogens is 640 g/mol. The fraction of sp³-hybridized carbons (Fsp3) is 0.324. The number of carbonyl (C=O) groups excluding carboxylic acids is 4. The summed E-state index contributed by atoms with van der Waals surface area (Å²) in [5, 5.41) is 15.4. The third kappa shape index (κ3) is 8.36. The Kier molecular flexibility index (Phi) is 10.7. The lowest BCUT2D eigenvalue weighted by molar-refractivity contribution is -0.123. The number of amides is 4. The summed E-state index contributed by atoms with van der Waals surface area (Å²) in [4.78, 5) is 71.9. The largest absolute Gasteiger partial charge is 0.478 e. The highest BCUT2D eigenvalue weighted by Crippen LogP contribution is 2.42. The summed E-state index contributed by atoms with van der Waals surface area (Å²) in [7, 11) is 3.81. The molecule has 3 N–H and O–H groups in total. The maximum Gasteiger partial charge on any atom is 0.408 e. The number of fused-ring (bicyclic) bond motifs is 1. The van der Waals surface area contributed by atoms with E-state index in [1.54, 1.807) is 57.0 Å². The first-order chi connectivity index (χ1) is 23.7. The van der Waals surface area contributed by atoms with Crippen molar-refractivity contribution in [1.82, 2.24) is 15.1 Å². The van der Waals surface area contributed by atoms with E-state index in [2.05, 4.69) is 27.5 Å². The molecule has 0 atom stereocenters. The lowest BCUT2D eigenvalue weighted by Crippen LogP contribution is -2.48. The summed E-state index contributed by atoms with van der Waals surface area (Å²) in [6, 6.07) is 20.4. The average molecular weight is 683 g/mol. The van der Waals surface area contributed by atoms with E-state index in [-0.39, 0.29) is 22.7 Å². The van der Waals surface area contributed by atoms with Crippen LogP contribution in [0, 0.1) is 0 Å². The highest BCUT2D eigenvalue weighted by atomic mass is 16.6. The third-order valence-corrected chi connectivity index (χ3v) is 8.37. The summed E-state index contributed by atoms with van der Waals surface area (Å²) in [6.45, 7) is 8.29. The van der Waals surface area contributed by atoms with E-state index in [1.165, 1.54) is 18.2 Å². The van der Waals surface area contributed by atoms with Crippen molar-refractivity contribution in [2.75, 3.05) is 68.5 Å². The lowest BCUT2D eigenvalue weighted by atomic mass is 9.99. The Morgan fingerprint density at radius 2 is 1.56 bits per heavy atom. The normalized spacial score (nSPS) is 16.0. The molecule has 1 saturated heterocycles. The van der Waals surface area contributed by atoms with Crippen LogP contribution in [0.15, 0.2) is 72.8 Å². The van der Waals surface area contributed by atoms with E-state index in [0.717, 1.165) is 31.1 Å². The number of anilines is 3. The first kappa shape index (κ1) is 35.8. The number of alkyl carbamates (subject to hydrolysis) is 1. The molecule has 50 heavy (non-hydrogen) atoms. The molecule has 13 heteroatoms. The number of benzene rings is 3. The van der Waals surface area contributed by atoms with Crippen molar-refractivity contribution in [3.05, 3.63) is 89.5 Å². The van der Waals surface area contributed by atoms with Crippen LogP contribution in [0.1, 0.15) is 42.3 Å². The Bertz CT molecular complexity index is 1810. The molecule has 13 nitrogen and oxygen atoms in total. The van der Waals surface area contributed by atoms with Crippen LogP contribution in [0.2, 0.25) is 0 Å². The van der Waals surface area contributed by atoms with E-state index in [4.69, 9.17) is 4.74 Å². The van der Waals surface area contributed by atoms with Gasteiger partial charge in [-0.15, -0.1) is 0 Å². The van der Waals surface area contributed by atoms with Gasteiger partial charge in [0.1, 0.15) is 12.1 Å². The van der Waals surface area contributed by atoms with Crippen molar-refractivity contribution >= 4 is 58.1 Å². The maximum atomic E-state index is 14.2. The predicted octanol–water partition coefficient (Wildman–Crippen LogP) is 3.97. The summed E-state index contributed by atoms with van der Waals surface area (Å²) in [5.41, 5.74) is 1.93. The van der Waals surface area contributed by atoms with Crippen LogP contribution >= 0.6 is 0 Å². The zero-order chi connectivity index (χ0) is 36.2. The van der Waals surface area contributed by atoms with E-state index in [0.29, 0.717) is 34.7 Å². The molecule has 2 aliphatic rings. The van der Waals surface area contributed by atoms with Gasteiger partial charge in [0.2, 0.25) is 5.91 Å². The molecule has 0 unspecified atom stereocenters. The standard InChI is InChI=1S/C37H42N6O7/c1-37(2,3)50-36(49)38-22-30(44)43-29-21-25(35(47)48)11-16-28(29)32(34(43)46)33(24-9-7-6-8-10-24)39-26-12-14-27(15-13-26)41(5)31(45)23-42-19-17-40(4)18-20-42/h6-16,21,39H,17-20,22-23H2,1-5H3,(H,38,49)(H,47,48). The number of piperazine rings is 1. The SMILES string of the molecule is CN1CCN(CC(=O)N(C)c2ccc(NC(=C3C(=O)N(C(=O)CNC(=O)OC(C)(C)C)c4cc(C(=O)O)ccc43)c3ccccc3)cc2)CC1. The number of carbonyl (C=O) groups is 5. The minimum Gasteiger partial charge on any atom is -0.478 e. The van der Waals surface area contributed by atoms with Crippen molar-refractivity contribution in [1.29, 1.82) is 0 Å². The van der Waals surface area contributed by atoms with Crippen LogP contribution in [-0.4, -0.2) is 104 Å². The molecule has 4 amide bonds. The van der Waals surface area contributed by atoms with Gasteiger partial charge in [0.15, 0.2) is 0 Å². The Hall–Kier alpha value is -5.53. The van der Waals surface area contributed by atoms with E-state index in [9.17, 15) is 29.1 Å². The minimum absolute atomic E-state index is 0.0258. The third-order valence-electron chi connectivity index (χ3n) is 8.37. The van der Waals surface area contributed by atoms with Crippen molar-refractivity contribution in [2.45, 2.75) is 26.4 Å². The summed E-state index contributed by atoms with van der Waals surface area (Å²) in [6.07, 6.45) is -0.838. The molecule has 0 aliphatic carbocycles. The van der Waals surface area contributed by atoms with Crippen molar-refractivity contribution in [3.8, 4) is 0 Å². The molecule has 262 valence electrons. The second kappa shape index (κ2) is 14.9. The molecule has 1 fully saturated rings. The van der Waals surface area contributed by atoms with Gasteiger partial charge in [-0.3, -0.25) is 19.3 Å². The van der Waals surface area contributed by atoms with Gasteiger partial charge in [0.05, 0.1) is 29.1 Å². The topological polar surface area (TPSA) is 152 Å². The molecule has 2 aliphatic heterocycles. The first-order valence-corrected chi connectivity index (χ1v) is 16.3. The number of hydrogen-bond donors (Lipinski definition) is 3. The minimum atomic E-state index is -1.23. The second-order valence-electron chi connectivity index (χ2n) is 13.2. The number of carboxylic acids is 1. The van der Waals surface area contributed by atoms with Gasteiger partial charge < -0.3 is 30.3 Å². The van der Waals surface area contributed by atoms with Crippen molar-refractivity contribution in [2.24, 2.45) is 0 Å². The first-order valence-electron chi connectivity index (χ1n) is 16.3. The van der Waals surface area contributed by atoms with Crippen LogP contribution in [0.25, 0.3) is 11.3 Å². The molecule has 0 spiro atoms. The van der Waals surface area contributed by atoms with Gasteiger partial charge in [-0.25, -0.2) is 14.5 Å². The second-order valence-corrected chi connectivity index (χ2v) is 13.2. The number of carboxylic acid groups (broad SMARTS) is 1. The fourth-order valence-electron chi connectivity index (χ4n) is 5.67. The lowest BCUT2D eigenvalue weighted by Gasteiger charge is -2.32. The van der Waals surface area contributed by atoms with Gasteiger partial charge in [-0.05, 0) is 69.8 Å². The van der Waals surface area contributed by atoms with Gasteiger partial charge in [-0.2, -0.15) is 0 Å². The zero-order valence-electron chi connectivity index (χ0n) is 28.9. The number of likely N-dealkylation sites (N-methyl/N-ethyl adjacent to an activating group) is 2. The van der Waals surface area contributed by atoms with Gasteiger partial charge in [0, 0.05) is 50.2 Å². The molecule has 3 aromatic carbocycles. The number of aromatic carboxylic acids is 1. The molecule has 0 bridgehead atoms. The quantitative estimate of drug-likeness (QED) is 0.283. The Labute approximate surface area is 291 Å². The number of imide groups is 1. The molecule has 0 aromatic heterocycles.